The highest BCUT2D eigenvalue weighted by Gasteiger charge is 2.39. The lowest BCUT2D eigenvalue weighted by atomic mass is 9.82. The van der Waals surface area contributed by atoms with E-state index in [1.165, 1.54) is 17.3 Å². The first-order chi connectivity index (χ1) is 12.1. The standard InChI is InChI=1S/C17H25F2N3O4/c1-5-25-14(23)12-6-7-21(16(24)26-17(2,3)4)10-13(12)11-8-20-22(9-11)15(18)19/h8-9,12-13,15H,5-7,10H2,1-4H3/t12-,13+/m0/s1. The zero-order chi connectivity index (χ0) is 19.5. The van der Waals surface area contributed by atoms with E-state index >= 15 is 0 Å². The van der Waals surface area contributed by atoms with Gasteiger partial charge in [-0.1, -0.05) is 0 Å². The van der Waals surface area contributed by atoms with Gasteiger partial charge in [0, 0.05) is 25.2 Å². The van der Waals surface area contributed by atoms with Gasteiger partial charge in [0.05, 0.1) is 18.7 Å². The number of ether oxygens (including phenoxy) is 2. The average Bonchev–Trinajstić information content (AvgIpc) is 3.03. The third-order valence-electron chi connectivity index (χ3n) is 4.10. The van der Waals surface area contributed by atoms with Gasteiger partial charge < -0.3 is 14.4 Å². The van der Waals surface area contributed by atoms with Crippen LogP contribution in [0.25, 0.3) is 0 Å². The van der Waals surface area contributed by atoms with Gasteiger partial charge in [-0.15, -0.1) is 0 Å². The van der Waals surface area contributed by atoms with Crippen LogP contribution in [0.2, 0.25) is 0 Å². The van der Waals surface area contributed by atoms with Crippen LogP contribution in [0.3, 0.4) is 0 Å². The minimum absolute atomic E-state index is 0.174. The van der Waals surface area contributed by atoms with Crippen molar-refractivity contribution >= 4 is 12.1 Å². The van der Waals surface area contributed by atoms with E-state index in [9.17, 15) is 18.4 Å². The molecule has 0 saturated carbocycles. The zero-order valence-electron chi connectivity index (χ0n) is 15.4. The first-order valence-electron chi connectivity index (χ1n) is 8.59. The van der Waals surface area contributed by atoms with Crippen molar-refractivity contribution in [3.05, 3.63) is 18.0 Å². The lowest BCUT2D eigenvalue weighted by Crippen LogP contribution is -2.46. The highest BCUT2D eigenvalue weighted by molar-refractivity contribution is 5.75. The van der Waals surface area contributed by atoms with E-state index in [0.29, 0.717) is 23.2 Å². The maximum absolute atomic E-state index is 12.8. The molecule has 2 rings (SSSR count). The molecule has 2 heterocycles. The summed E-state index contributed by atoms with van der Waals surface area (Å²) in [4.78, 5) is 26.1. The molecule has 1 fully saturated rings. The molecule has 1 aromatic rings. The fraction of sp³-hybridized carbons (Fsp3) is 0.706. The van der Waals surface area contributed by atoms with Crippen LogP contribution in [0.15, 0.2) is 12.4 Å². The molecule has 1 aromatic heterocycles. The summed E-state index contributed by atoms with van der Waals surface area (Å²) in [5.74, 6) is -1.40. The van der Waals surface area contributed by atoms with Crippen LogP contribution in [0.4, 0.5) is 13.6 Å². The Bertz CT molecular complexity index is 642. The Balaban J connectivity index is 2.22. The van der Waals surface area contributed by atoms with E-state index in [1.807, 2.05) is 0 Å². The van der Waals surface area contributed by atoms with Crippen molar-refractivity contribution in [3.63, 3.8) is 0 Å². The van der Waals surface area contributed by atoms with E-state index in [0.717, 1.165) is 0 Å². The van der Waals surface area contributed by atoms with Gasteiger partial charge in [-0.2, -0.15) is 13.9 Å². The van der Waals surface area contributed by atoms with E-state index in [-0.39, 0.29) is 13.2 Å². The summed E-state index contributed by atoms with van der Waals surface area (Å²) < 4.78 is 36.7. The first kappa shape index (κ1) is 20.1. The summed E-state index contributed by atoms with van der Waals surface area (Å²) in [5, 5.41) is 3.64. The third kappa shape index (κ3) is 4.92. The fourth-order valence-corrected chi connectivity index (χ4v) is 2.96. The van der Waals surface area contributed by atoms with Crippen molar-refractivity contribution in [2.75, 3.05) is 19.7 Å². The molecule has 0 aliphatic carbocycles. The second kappa shape index (κ2) is 8.01. The number of hydrogen-bond donors (Lipinski definition) is 0. The summed E-state index contributed by atoms with van der Waals surface area (Å²) in [7, 11) is 0. The van der Waals surface area contributed by atoms with Crippen molar-refractivity contribution < 1.29 is 27.8 Å². The summed E-state index contributed by atoms with van der Waals surface area (Å²) >= 11 is 0. The monoisotopic (exact) mass is 373 g/mol. The molecule has 146 valence electrons. The van der Waals surface area contributed by atoms with Crippen LogP contribution in [0.5, 0.6) is 0 Å². The topological polar surface area (TPSA) is 73.7 Å². The van der Waals surface area contributed by atoms with E-state index in [4.69, 9.17) is 9.47 Å². The molecule has 26 heavy (non-hydrogen) atoms. The normalized spacial score (nSPS) is 21.0. The molecule has 0 radical (unpaired) electrons. The molecule has 0 spiro atoms. The van der Waals surface area contributed by atoms with Gasteiger partial charge in [-0.3, -0.25) is 4.79 Å². The number of likely N-dealkylation sites (tertiary alicyclic amines) is 1. The number of halogens is 2. The maximum Gasteiger partial charge on any atom is 0.410 e. The number of esters is 1. The molecule has 1 aliphatic rings. The predicted molar refractivity (Wildman–Crippen MR) is 88.8 cm³/mol. The fourth-order valence-electron chi connectivity index (χ4n) is 2.96. The second-order valence-corrected chi connectivity index (χ2v) is 7.21. The maximum atomic E-state index is 12.8. The summed E-state index contributed by atoms with van der Waals surface area (Å²) in [6.45, 7) is 4.97. The summed E-state index contributed by atoms with van der Waals surface area (Å²) in [6, 6.07) is 0. The quantitative estimate of drug-likeness (QED) is 0.758. The molecule has 7 nitrogen and oxygen atoms in total. The predicted octanol–water partition coefficient (Wildman–Crippen LogP) is 3.18. The number of aromatic nitrogens is 2. The molecule has 2 atom stereocenters. The van der Waals surface area contributed by atoms with Gasteiger partial charge >= 0.3 is 18.6 Å². The lowest BCUT2D eigenvalue weighted by Gasteiger charge is -2.37. The molecule has 1 amide bonds. The number of carbonyl (C=O) groups excluding carboxylic acids is 2. The van der Waals surface area contributed by atoms with Crippen LogP contribution in [-0.2, 0) is 14.3 Å². The van der Waals surface area contributed by atoms with Crippen molar-refractivity contribution in [3.8, 4) is 0 Å². The summed E-state index contributed by atoms with van der Waals surface area (Å²) in [5.41, 5.74) is -0.179. The first-order valence-corrected chi connectivity index (χ1v) is 8.59. The van der Waals surface area contributed by atoms with Crippen molar-refractivity contribution in [1.29, 1.82) is 0 Å². The van der Waals surface area contributed by atoms with Gasteiger partial charge in [0.15, 0.2) is 0 Å². The smallest absolute Gasteiger partial charge is 0.410 e. The highest BCUT2D eigenvalue weighted by Crippen LogP contribution is 2.34. The Kier molecular flexibility index (Phi) is 6.20. The minimum atomic E-state index is -2.77. The van der Waals surface area contributed by atoms with Crippen LogP contribution in [0, 0.1) is 5.92 Å². The minimum Gasteiger partial charge on any atom is -0.466 e. The Labute approximate surface area is 151 Å². The van der Waals surface area contributed by atoms with Crippen LogP contribution in [0.1, 0.15) is 52.1 Å². The molecule has 0 aromatic carbocycles. The SMILES string of the molecule is CCOC(=O)[C@H]1CCN(C(=O)OC(C)(C)C)C[C@@H]1c1cnn(C(F)F)c1. The van der Waals surface area contributed by atoms with Gasteiger partial charge in [-0.25, -0.2) is 9.48 Å². The second-order valence-electron chi connectivity index (χ2n) is 7.21. The molecule has 1 saturated heterocycles. The van der Waals surface area contributed by atoms with Crippen LogP contribution in [-0.4, -0.2) is 52.0 Å². The summed E-state index contributed by atoms with van der Waals surface area (Å²) in [6.07, 6.45) is 2.38. The number of alkyl halides is 2. The van der Waals surface area contributed by atoms with E-state index < -0.39 is 36.0 Å². The molecule has 9 heteroatoms. The lowest BCUT2D eigenvalue weighted by molar-refractivity contribution is -0.150. The van der Waals surface area contributed by atoms with Gasteiger partial charge in [0.2, 0.25) is 0 Å². The van der Waals surface area contributed by atoms with Crippen molar-refractivity contribution in [1.82, 2.24) is 14.7 Å². The number of nitrogens with zero attached hydrogens (tertiary/aromatic N) is 3. The zero-order valence-corrected chi connectivity index (χ0v) is 15.4. The van der Waals surface area contributed by atoms with Crippen LogP contribution >= 0.6 is 0 Å². The van der Waals surface area contributed by atoms with Crippen molar-refractivity contribution in [2.24, 2.45) is 5.92 Å². The van der Waals surface area contributed by atoms with E-state index in [2.05, 4.69) is 5.10 Å². The average molecular weight is 373 g/mol. The van der Waals surface area contributed by atoms with Gasteiger partial charge in [0.25, 0.3) is 0 Å². The highest BCUT2D eigenvalue weighted by atomic mass is 19.3. The third-order valence-corrected chi connectivity index (χ3v) is 4.10. The molecule has 0 N–H and O–H groups in total. The number of hydrogen-bond acceptors (Lipinski definition) is 5. The number of piperidine rings is 1. The Morgan fingerprint density at radius 1 is 1.38 bits per heavy atom. The Morgan fingerprint density at radius 2 is 2.08 bits per heavy atom. The molecular formula is C17H25F2N3O4. The Morgan fingerprint density at radius 3 is 2.62 bits per heavy atom. The van der Waals surface area contributed by atoms with Crippen molar-refractivity contribution in [2.45, 2.75) is 52.2 Å². The van der Waals surface area contributed by atoms with E-state index in [1.54, 1.807) is 27.7 Å². The van der Waals surface area contributed by atoms with Crippen LogP contribution < -0.4 is 0 Å². The molecular weight excluding hydrogens is 348 g/mol. The van der Waals surface area contributed by atoms with Gasteiger partial charge in [-0.05, 0) is 39.7 Å². The molecule has 1 aliphatic heterocycles. The number of carbonyl (C=O) groups is 2. The Hall–Kier alpha value is -2.19. The van der Waals surface area contributed by atoms with Gasteiger partial charge in [0.1, 0.15) is 5.60 Å². The largest absolute Gasteiger partial charge is 0.466 e. The number of amides is 1. The number of rotatable bonds is 4. The molecule has 0 bridgehead atoms. The molecule has 0 unspecified atom stereocenters.